The van der Waals surface area contributed by atoms with Gasteiger partial charge in [-0.1, -0.05) is 6.07 Å². The fraction of sp³-hybridized carbons (Fsp3) is 0.231. The molecule has 7 heteroatoms. The fourth-order valence-corrected chi connectivity index (χ4v) is 2.87. The lowest BCUT2D eigenvalue weighted by Crippen LogP contribution is -2.21. The Labute approximate surface area is 118 Å². The Kier molecular flexibility index (Phi) is 4.01. The van der Waals surface area contributed by atoms with Crippen molar-refractivity contribution < 1.29 is 19.6 Å². The molecule has 0 radical (unpaired) electrons. The van der Waals surface area contributed by atoms with E-state index in [1.54, 1.807) is 0 Å². The number of thioether (sulfide) groups is 1. The average Bonchev–Trinajstić information content (AvgIpc) is 2.44. The number of fused-ring (bicyclic) bond motifs is 1. The smallest absolute Gasteiger partial charge is 0.281 e. The first-order valence-electron chi connectivity index (χ1n) is 5.80. The zero-order chi connectivity index (χ0) is 14.9. The summed E-state index contributed by atoms with van der Waals surface area (Å²) in [5.41, 5.74) is -0.259. The summed E-state index contributed by atoms with van der Waals surface area (Å²) >= 11 is 1.08. The molecular weight excluding hydrogens is 282 g/mol. The highest BCUT2D eigenvalue weighted by Gasteiger charge is 2.35. The third-order valence-electron chi connectivity index (χ3n) is 2.94. The number of benzene rings is 1. The highest BCUT2D eigenvalue weighted by Crippen LogP contribution is 2.36. The van der Waals surface area contributed by atoms with Crippen LogP contribution in [0.1, 0.15) is 27.6 Å². The molecule has 1 aliphatic rings. The van der Waals surface area contributed by atoms with E-state index in [-0.39, 0.29) is 39.7 Å². The van der Waals surface area contributed by atoms with Crippen LogP contribution in [-0.2, 0) is 0 Å². The number of Topliss-reactive ketones (excluding diaryl/α,β-unsaturated/α-hetero) is 2. The summed E-state index contributed by atoms with van der Waals surface area (Å²) in [6.07, 6.45) is 0. The normalized spacial score (nSPS) is 14.5. The molecule has 0 saturated heterocycles. The second-order valence-corrected chi connectivity index (χ2v) is 5.25. The Bertz CT molecular complexity index is 650. The monoisotopic (exact) mass is 293 g/mol. The molecule has 0 aliphatic heterocycles. The molecule has 2 rings (SSSR count). The third-order valence-corrected chi connectivity index (χ3v) is 4.10. The van der Waals surface area contributed by atoms with Crippen LogP contribution in [0.4, 0.5) is 5.69 Å². The first-order valence-corrected chi connectivity index (χ1v) is 6.79. The van der Waals surface area contributed by atoms with Crippen LogP contribution < -0.4 is 0 Å². The molecule has 0 aromatic heterocycles. The van der Waals surface area contributed by atoms with E-state index >= 15 is 0 Å². The second kappa shape index (κ2) is 5.56. The molecule has 0 atom stereocenters. The number of nitro benzene ring substituents is 1. The van der Waals surface area contributed by atoms with E-state index in [2.05, 4.69) is 0 Å². The van der Waals surface area contributed by atoms with Crippen molar-refractivity contribution in [1.82, 2.24) is 0 Å². The molecule has 104 valence electrons. The van der Waals surface area contributed by atoms with Crippen molar-refractivity contribution in [1.29, 1.82) is 0 Å². The van der Waals surface area contributed by atoms with Gasteiger partial charge in [-0.05, 0) is 13.0 Å². The molecule has 0 amide bonds. The predicted molar refractivity (Wildman–Crippen MR) is 74.0 cm³/mol. The van der Waals surface area contributed by atoms with Gasteiger partial charge in [-0.3, -0.25) is 19.7 Å². The Morgan fingerprint density at radius 3 is 2.60 bits per heavy atom. The molecule has 0 saturated carbocycles. The Morgan fingerprint density at radius 1 is 1.30 bits per heavy atom. The van der Waals surface area contributed by atoms with Gasteiger partial charge in [-0.15, -0.1) is 11.8 Å². The molecule has 0 spiro atoms. The molecule has 0 bridgehead atoms. The molecule has 1 aliphatic carbocycles. The first-order chi connectivity index (χ1) is 9.49. The van der Waals surface area contributed by atoms with Gasteiger partial charge in [0.25, 0.3) is 5.69 Å². The van der Waals surface area contributed by atoms with E-state index in [0.29, 0.717) is 0 Å². The topological polar surface area (TPSA) is 97.5 Å². The van der Waals surface area contributed by atoms with Gasteiger partial charge >= 0.3 is 0 Å². The number of nitrogens with zero attached hydrogens (tertiary/aromatic N) is 1. The van der Waals surface area contributed by atoms with Crippen LogP contribution in [0.3, 0.4) is 0 Å². The third kappa shape index (κ3) is 2.25. The van der Waals surface area contributed by atoms with Crippen molar-refractivity contribution in [2.75, 3.05) is 12.4 Å². The largest absolute Gasteiger partial charge is 0.396 e. The molecule has 1 aromatic rings. The number of carbonyl (C=O) groups excluding carboxylic acids is 2. The van der Waals surface area contributed by atoms with Crippen molar-refractivity contribution in [3.63, 3.8) is 0 Å². The van der Waals surface area contributed by atoms with Gasteiger partial charge in [0.05, 0.1) is 16.4 Å². The lowest BCUT2D eigenvalue weighted by atomic mass is 9.89. The summed E-state index contributed by atoms with van der Waals surface area (Å²) in [5.74, 6) is -0.623. The van der Waals surface area contributed by atoms with Gasteiger partial charge in [0.1, 0.15) is 5.56 Å². The lowest BCUT2D eigenvalue weighted by Gasteiger charge is -2.18. The fourth-order valence-electron chi connectivity index (χ4n) is 2.02. The summed E-state index contributed by atoms with van der Waals surface area (Å²) in [4.78, 5) is 35.1. The lowest BCUT2D eigenvalue weighted by molar-refractivity contribution is -0.385. The molecule has 0 heterocycles. The van der Waals surface area contributed by atoms with Crippen molar-refractivity contribution in [2.24, 2.45) is 0 Å². The number of ketones is 2. The predicted octanol–water partition coefficient (Wildman–Crippen LogP) is 1.97. The standard InChI is InChI=1S/C13H11NO5S/c1-7-11(16)10-8(3-2-4-9(10)14(18)19)12(17)13(7)20-6-5-15/h2-4,15H,5-6H2,1H3. The minimum atomic E-state index is -0.664. The number of rotatable bonds is 4. The van der Waals surface area contributed by atoms with Gasteiger partial charge < -0.3 is 5.11 Å². The van der Waals surface area contributed by atoms with Crippen molar-refractivity contribution >= 4 is 29.0 Å². The molecule has 0 unspecified atom stereocenters. The summed E-state index contributed by atoms with van der Waals surface area (Å²) in [7, 11) is 0. The number of hydrogen-bond acceptors (Lipinski definition) is 6. The average molecular weight is 293 g/mol. The molecule has 20 heavy (non-hydrogen) atoms. The Morgan fingerprint density at radius 2 is 2.00 bits per heavy atom. The highest BCUT2D eigenvalue weighted by atomic mass is 32.2. The highest BCUT2D eigenvalue weighted by molar-refractivity contribution is 8.04. The zero-order valence-electron chi connectivity index (χ0n) is 10.6. The molecule has 1 aromatic carbocycles. The molecule has 0 fully saturated rings. The quantitative estimate of drug-likeness (QED) is 0.673. The van der Waals surface area contributed by atoms with Crippen LogP contribution in [-0.4, -0.2) is 34.0 Å². The van der Waals surface area contributed by atoms with Crippen LogP contribution in [0, 0.1) is 10.1 Å². The zero-order valence-corrected chi connectivity index (χ0v) is 11.4. The van der Waals surface area contributed by atoms with Crippen molar-refractivity contribution in [3.8, 4) is 0 Å². The summed E-state index contributed by atoms with van der Waals surface area (Å²) in [5, 5.41) is 19.8. The van der Waals surface area contributed by atoms with Crippen molar-refractivity contribution in [2.45, 2.75) is 6.92 Å². The minimum Gasteiger partial charge on any atom is -0.396 e. The van der Waals surface area contributed by atoms with E-state index in [0.717, 1.165) is 11.8 Å². The molecular formula is C13H11NO5S. The summed E-state index contributed by atoms with van der Waals surface area (Å²) < 4.78 is 0. The Balaban J connectivity index is 2.60. The number of aliphatic hydroxyl groups excluding tert-OH is 1. The van der Waals surface area contributed by atoms with E-state index in [1.165, 1.54) is 25.1 Å². The summed E-state index contributed by atoms with van der Waals surface area (Å²) in [6, 6.07) is 4.01. The SMILES string of the molecule is CC1=C(SCCO)C(=O)c2cccc([N+](=O)[O-])c2C1=O. The van der Waals surface area contributed by atoms with Crippen molar-refractivity contribution in [3.05, 3.63) is 49.9 Å². The Hall–Kier alpha value is -1.99. The van der Waals surface area contributed by atoms with Crippen LogP contribution >= 0.6 is 11.8 Å². The maximum atomic E-state index is 12.3. The van der Waals surface area contributed by atoms with Crippen LogP contribution in [0.5, 0.6) is 0 Å². The number of carbonyl (C=O) groups is 2. The van der Waals surface area contributed by atoms with Gasteiger partial charge in [0.15, 0.2) is 5.78 Å². The molecule has 1 N–H and O–H groups in total. The van der Waals surface area contributed by atoms with Gasteiger partial charge in [-0.25, -0.2) is 0 Å². The van der Waals surface area contributed by atoms with Gasteiger partial charge in [-0.2, -0.15) is 0 Å². The number of allylic oxidation sites excluding steroid dienone is 2. The summed E-state index contributed by atoms with van der Waals surface area (Å²) in [6.45, 7) is 1.35. The number of nitro groups is 1. The van der Waals surface area contributed by atoms with Gasteiger partial charge in [0, 0.05) is 23.0 Å². The first kappa shape index (κ1) is 14.4. The second-order valence-electron chi connectivity index (χ2n) is 4.14. The maximum Gasteiger partial charge on any atom is 0.281 e. The minimum absolute atomic E-state index is 0.0511. The maximum absolute atomic E-state index is 12.3. The van der Waals surface area contributed by atoms with Crippen LogP contribution in [0.15, 0.2) is 28.7 Å². The van der Waals surface area contributed by atoms with Gasteiger partial charge in [0.2, 0.25) is 5.78 Å². The van der Waals surface area contributed by atoms with Crippen LogP contribution in [0.2, 0.25) is 0 Å². The van der Waals surface area contributed by atoms with Crippen LogP contribution in [0.25, 0.3) is 0 Å². The number of hydrogen-bond donors (Lipinski definition) is 1. The van der Waals surface area contributed by atoms with E-state index < -0.39 is 16.5 Å². The molecule has 6 nitrogen and oxygen atoms in total. The number of aliphatic hydroxyl groups is 1. The van der Waals surface area contributed by atoms with E-state index in [1.807, 2.05) is 0 Å². The van der Waals surface area contributed by atoms with E-state index in [9.17, 15) is 19.7 Å². The van der Waals surface area contributed by atoms with E-state index in [4.69, 9.17) is 5.11 Å².